The van der Waals surface area contributed by atoms with Crippen LogP contribution < -0.4 is 20.4 Å². The molecule has 6 rings (SSSR count). The van der Waals surface area contributed by atoms with Crippen molar-refractivity contribution >= 4 is 46.2 Å². The van der Waals surface area contributed by atoms with Gasteiger partial charge < -0.3 is 20.4 Å². The summed E-state index contributed by atoms with van der Waals surface area (Å²) in [5, 5.41) is 6.43. The summed E-state index contributed by atoms with van der Waals surface area (Å²) in [5.74, 6) is -0.345. The smallest absolute Gasteiger partial charge is 0.224 e. The predicted molar refractivity (Wildman–Crippen MR) is 210 cm³/mol. The van der Waals surface area contributed by atoms with Crippen molar-refractivity contribution in [3.8, 4) is 0 Å². The van der Waals surface area contributed by atoms with E-state index >= 15 is 0 Å². The number of amides is 2. The minimum atomic E-state index is -0.185. The van der Waals surface area contributed by atoms with E-state index in [0.717, 1.165) is 78.3 Å². The maximum Gasteiger partial charge on any atom is 0.224 e. The minimum absolute atomic E-state index is 0.0292. The van der Waals surface area contributed by atoms with Crippen molar-refractivity contribution < 1.29 is 18.4 Å². The van der Waals surface area contributed by atoms with Gasteiger partial charge in [-0.25, -0.2) is 8.78 Å². The van der Waals surface area contributed by atoms with Crippen molar-refractivity contribution in [2.24, 2.45) is 10.8 Å². The highest BCUT2D eigenvalue weighted by atomic mass is 35.5. The number of nitrogens with one attached hydrogen (secondary N) is 2. The number of aryl methyl sites for hydroxylation is 1. The number of carbonyl (C=O) groups is 2. The standard InChI is InChI=1S/C22H27FN2O.C21H24ClFN2O/c1-15-11-19(7-8-20(15)24-21(26)13-22(2,3)4)25-10-9-16-12-18(23)6-5-17(16)14-25;1-21(2,3)12-20(26)24-19-7-6-17(11-18(19)22)25-9-8-14-10-16(23)5-4-15(14)13-25/h5-8,11-12H,9-10,13-14H2,1-4H3,(H,24,26);4-7,10-11H,8-9,12-13H2,1-3H3,(H,24,26). The number of carbonyl (C=O) groups excluding carboxylic acids is 2. The molecule has 2 N–H and O–H groups in total. The molecule has 52 heavy (non-hydrogen) atoms. The van der Waals surface area contributed by atoms with E-state index in [1.165, 1.54) is 17.7 Å². The normalized spacial score (nSPS) is 14.1. The molecule has 0 aromatic heterocycles. The highest BCUT2D eigenvalue weighted by molar-refractivity contribution is 6.34. The van der Waals surface area contributed by atoms with E-state index in [4.69, 9.17) is 11.6 Å². The molecule has 0 fully saturated rings. The number of fused-ring (bicyclic) bond motifs is 2. The summed E-state index contributed by atoms with van der Waals surface area (Å²) in [4.78, 5) is 28.8. The molecule has 2 aliphatic heterocycles. The van der Waals surface area contributed by atoms with Crippen LogP contribution in [0.2, 0.25) is 5.02 Å². The molecule has 0 unspecified atom stereocenters. The summed E-state index contributed by atoms with van der Waals surface area (Å²) in [6, 6.07) is 21.9. The lowest BCUT2D eigenvalue weighted by molar-refractivity contribution is -0.118. The van der Waals surface area contributed by atoms with Crippen molar-refractivity contribution in [3.05, 3.63) is 117 Å². The maximum absolute atomic E-state index is 13.4. The van der Waals surface area contributed by atoms with E-state index in [9.17, 15) is 18.4 Å². The van der Waals surface area contributed by atoms with Crippen LogP contribution in [0.15, 0.2) is 72.8 Å². The van der Waals surface area contributed by atoms with E-state index in [2.05, 4.69) is 47.3 Å². The van der Waals surface area contributed by atoms with Gasteiger partial charge in [0.25, 0.3) is 0 Å². The van der Waals surface area contributed by atoms with Crippen molar-refractivity contribution in [1.82, 2.24) is 0 Å². The van der Waals surface area contributed by atoms with Crippen LogP contribution in [0.1, 0.15) is 82.2 Å². The number of benzene rings is 4. The molecule has 0 aliphatic carbocycles. The third kappa shape index (κ3) is 10.8. The van der Waals surface area contributed by atoms with Gasteiger partial charge in [0.15, 0.2) is 0 Å². The Labute approximate surface area is 312 Å². The first-order valence-corrected chi connectivity index (χ1v) is 18.3. The van der Waals surface area contributed by atoms with Gasteiger partial charge >= 0.3 is 0 Å². The molecule has 0 bridgehead atoms. The van der Waals surface area contributed by atoms with Crippen LogP contribution in [0, 0.1) is 29.4 Å². The molecule has 2 amide bonds. The highest BCUT2D eigenvalue weighted by Gasteiger charge is 2.21. The summed E-state index contributed by atoms with van der Waals surface area (Å²) >= 11 is 6.39. The molecular weight excluding hydrogens is 678 g/mol. The first-order valence-electron chi connectivity index (χ1n) is 18.0. The second kappa shape index (κ2) is 16.1. The Balaban J connectivity index is 0.000000201. The Morgan fingerprint density at radius 2 is 1.08 bits per heavy atom. The van der Waals surface area contributed by atoms with Gasteiger partial charge in [0, 0.05) is 56.1 Å². The number of nitrogens with zero attached hydrogens (tertiary/aromatic N) is 2. The fraction of sp³-hybridized carbons (Fsp3) is 0.395. The summed E-state index contributed by atoms with van der Waals surface area (Å²) in [6.45, 7) is 17.4. The Morgan fingerprint density at radius 1 is 0.635 bits per heavy atom. The van der Waals surface area contributed by atoms with Gasteiger partial charge in [0.05, 0.1) is 10.7 Å². The second-order valence-corrected chi connectivity index (χ2v) is 16.8. The average Bonchev–Trinajstić information content (AvgIpc) is 3.05. The Morgan fingerprint density at radius 3 is 1.52 bits per heavy atom. The van der Waals surface area contributed by atoms with Crippen LogP contribution in [0.25, 0.3) is 0 Å². The van der Waals surface area contributed by atoms with E-state index in [1.807, 2.05) is 70.2 Å². The largest absolute Gasteiger partial charge is 0.367 e. The Hall–Kier alpha value is -4.43. The van der Waals surface area contributed by atoms with E-state index in [-0.39, 0.29) is 34.3 Å². The van der Waals surface area contributed by atoms with Crippen LogP contribution in [-0.2, 0) is 35.5 Å². The zero-order valence-electron chi connectivity index (χ0n) is 31.4. The molecule has 0 saturated carbocycles. The molecule has 0 saturated heterocycles. The third-order valence-corrected chi connectivity index (χ3v) is 9.50. The molecule has 4 aromatic rings. The molecule has 0 radical (unpaired) electrons. The number of anilines is 4. The van der Waals surface area contributed by atoms with Crippen molar-refractivity contribution in [1.29, 1.82) is 0 Å². The molecule has 4 aromatic carbocycles. The number of hydrogen-bond acceptors (Lipinski definition) is 4. The van der Waals surface area contributed by atoms with E-state index in [1.54, 1.807) is 12.1 Å². The topological polar surface area (TPSA) is 64.7 Å². The lowest BCUT2D eigenvalue weighted by Crippen LogP contribution is -2.30. The lowest BCUT2D eigenvalue weighted by atomic mass is 9.92. The minimum Gasteiger partial charge on any atom is -0.367 e. The van der Waals surface area contributed by atoms with Crippen molar-refractivity contribution in [3.63, 3.8) is 0 Å². The van der Waals surface area contributed by atoms with Gasteiger partial charge in [-0.3, -0.25) is 9.59 Å². The summed E-state index contributed by atoms with van der Waals surface area (Å²) in [5.41, 5.74) is 9.05. The Bertz CT molecular complexity index is 1790. The zero-order chi connectivity index (χ0) is 37.8. The Kier molecular flexibility index (Phi) is 12.0. The van der Waals surface area contributed by atoms with Crippen LogP contribution in [0.4, 0.5) is 31.5 Å². The van der Waals surface area contributed by atoms with Crippen LogP contribution in [0.5, 0.6) is 0 Å². The van der Waals surface area contributed by atoms with Gasteiger partial charge in [0.2, 0.25) is 11.8 Å². The number of rotatable bonds is 6. The molecule has 2 heterocycles. The van der Waals surface area contributed by atoms with Gasteiger partial charge in [-0.05, 0) is 119 Å². The van der Waals surface area contributed by atoms with Crippen LogP contribution in [0.3, 0.4) is 0 Å². The van der Waals surface area contributed by atoms with E-state index < -0.39 is 0 Å². The van der Waals surface area contributed by atoms with Crippen molar-refractivity contribution in [2.75, 3.05) is 33.5 Å². The second-order valence-electron chi connectivity index (χ2n) is 16.4. The monoisotopic (exact) mass is 728 g/mol. The molecule has 0 atom stereocenters. The van der Waals surface area contributed by atoms with Crippen molar-refractivity contribution in [2.45, 2.75) is 87.2 Å². The number of hydrogen-bond donors (Lipinski definition) is 2. The van der Waals surface area contributed by atoms with Crippen LogP contribution >= 0.6 is 11.6 Å². The quantitative estimate of drug-likeness (QED) is 0.207. The SMILES string of the molecule is CC(C)(C)CC(=O)Nc1ccc(N2CCc3cc(F)ccc3C2)cc1Cl.Cc1cc(N2CCc3cc(F)ccc3C2)ccc1NC(=O)CC(C)(C)C. The van der Waals surface area contributed by atoms with Gasteiger partial charge in [-0.15, -0.1) is 0 Å². The molecule has 9 heteroatoms. The number of halogens is 3. The van der Waals surface area contributed by atoms with Gasteiger partial charge in [-0.2, -0.15) is 0 Å². The maximum atomic E-state index is 13.4. The summed E-state index contributed by atoms with van der Waals surface area (Å²) in [6.07, 6.45) is 2.57. The fourth-order valence-electron chi connectivity index (χ4n) is 6.62. The third-order valence-electron chi connectivity index (χ3n) is 9.18. The summed E-state index contributed by atoms with van der Waals surface area (Å²) in [7, 11) is 0. The summed E-state index contributed by atoms with van der Waals surface area (Å²) < 4.78 is 26.7. The fourth-order valence-corrected chi connectivity index (χ4v) is 6.84. The zero-order valence-corrected chi connectivity index (χ0v) is 32.2. The molecule has 0 spiro atoms. The lowest BCUT2D eigenvalue weighted by Gasteiger charge is -2.31. The first kappa shape index (κ1) is 38.8. The highest BCUT2D eigenvalue weighted by Crippen LogP contribution is 2.32. The molecule has 276 valence electrons. The first-order chi connectivity index (χ1) is 24.4. The van der Waals surface area contributed by atoms with E-state index in [0.29, 0.717) is 23.6 Å². The molecular formula is C43H51ClF2N4O2. The predicted octanol–water partition coefficient (Wildman–Crippen LogP) is 10.5. The van der Waals surface area contributed by atoms with Gasteiger partial charge in [-0.1, -0.05) is 65.3 Å². The van der Waals surface area contributed by atoms with Crippen LogP contribution in [-0.4, -0.2) is 24.9 Å². The molecule has 2 aliphatic rings. The molecule has 6 nitrogen and oxygen atoms in total. The average molecular weight is 729 g/mol. The van der Waals surface area contributed by atoms with Gasteiger partial charge in [0.1, 0.15) is 11.6 Å².